The Morgan fingerprint density at radius 2 is 1.64 bits per heavy atom. The Hall–Kier alpha value is -2.34. The molecular weight excluding hydrogens is 350 g/mol. The van der Waals surface area contributed by atoms with Crippen LogP contribution in [0.4, 0.5) is 0 Å². The third-order valence-electron chi connectivity index (χ3n) is 2.75. The van der Waals surface area contributed by atoms with Crippen LogP contribution in [0.3, 0.4) is 0 Å². The summed E-state index contributed by atoms with van der Waals surface area (Å²) in [4.78, 5) is 22.5. The predicted octanol–water partition coefficient (Wildman–Crippen LogP) is 2.67. The molecule has 5 nitrogen and oxygen atoms in total. The van der Waals surface area contributed by atoms with Crippen LogP contribution in [0.2, 0.25) is 0 Å². The fourth-order valence-corrected chi connectivity index (χ4v) is 1.92. The highest BCUT2D eigenvalue weighted by Gasteiger charge is 2.08. The lowest BCUT2D eigenvalue weighted by molar-refractivity contribution is -0.119. The molecule has 6 heteroatoms. The molecule has 0 heterocycles. The van der Waals surface area contributed by atoms with Gasteiger partial charge in [-0.1, -0.05) is 28.1 Å². The van der Waals surface area contributed by atoms with Crippen molar-refractivity contribution in [3.63, 3.8) is 0 Å². The molecule has 0 aliphatic heterocycles. The summed E-state index contributed by atoms with van der Waals surface area (Å²) >= 11 is 3.34. The summed E-state index contributed by atoms with van der Waals surface area (Å²) in [7, 11) is 0. The summed E-state index contributed by atoms with van der Waals surface area (Å²) in [5, 5.41) is 0. The third-order valence-corrected chi connectivity index (χ3v) is 3.28. The predicted molar refractivity (Wildman–Crippen MR) is 84.4 cm³/mol. The molecule has 0 bridgehead atoms. The summed E-state index contributed by atoms with van der Waals surface area (Å²) in [5.41, 5.74) is 6.29. The molecule has 0 saturated carbocycles. The number of hydrogen-bond donors (Lipinski definition) is 1. The van der Waals surface area contributed by atoms with E-state index in [2.05, 4.69) is 15.9 Å². The molecule has 0 aromatic heterocycles. The number of benzene rings is 2. The fourth-order valence-electron chi connectivity index (χ4n) is 1.65. The lowest BCUT2D eigenvalue weighted by Gasteiger charge is -2.07. The van der Waals surface area contributed by atoms with E-state index in [4.69, 9.17) is 15.2 Å². The molecule has 0 unspecified atom stereocenters. The topological polar surface area (TPSA) is 78.6 Å². The molecule has 0 spiro atoms. The van der Waals surface area contributed by atoms with Crippen molar-refractivity contribution in [3.05, 3.63) is 64.1 Å². The number of esters is 1. The minimum atomic E-state index is -0.557. The highest BCUT2D eigenvalue weighted by atomic mass is 79.9. The molecule has 0 fully saturated rings. The first kappa shape index (κ1) is 16.0. The van der Waals surface area contributed by atoms with E-state index in [-0.39, 0.29) is 13.2 Å². The van der Waals surface area contributed by atoms with E-state index in [1.807, 2.05) is 24.3 Å². The van der Waals surface area contributed by atoms with Crippen molar-refractivity contribution in [1.82, 2.24) is 0 Å². The van der Waals surface area contributed by atoms with Crippen molar-refractivity contribution in [3.8, 4) is 5.75 Å². The van der Waals surface area contributed by atoms with E-state index >= 15 is 0 Å². The van der Waals surface area contributed by atoms with Crippen LogP contribution in [0.1, 0.15) is 15.9 Å². The Balaban J connectivity index is 1.89. The van der Waals surface area contributed by atoms with Gasteiger partial charge in [-0.05, 0) is 42.0 Å². The molecule has 0 saturated heterocycles. The van der Waals surface area contributed by atoms with Crippen molar-refractivity contribution in [2.24, 2.45) is 5.73 Å². The smallest absolute Gasteiger partial charge is 0.338 e. The summed E-state index contributed by atoms with van der Waals surface area (Å²) in [5.74, 6) is -0.523. The number of carbonyl (C=O) groups excluding carboxylic acids is 2. The zero-order valence-electron chi connectivity index (χ0n) is 11.6. The van der Waals surface area contributed by atoms with Crippen LogP contribution >= 0.6 is 15.9 Å². The van der Waals surface area contributed by atoms with Gasteiger partial charge in [0.15, 0.2) is 6.61 Å². The van der Waals surface area contributed by atoms with E-state index in [1.165, 1.54) is 0 Å². The number of hydrogen-bond acceptors (Lipinski definition) is 4. The molecule has 22 heavy (non-hydrogen) atoms. The maximum absolute atomic E-state index is 11.9. The normalized spacial score (nSPS) is 10.0. The van der Waals surface area contributed by atoms with Gasteiger partial charge in [0.2, 0.25) is 0 Å². The monoisotopic (exact) mass is 363 g/mol. The molecule has 114 valence electrons. The van der Waals surface area contributed by atoms with Gasteiger partial charge in [-0.15, -0.1) is 0 Å². The number of carbonyl (C=O) groups is 2. The average molecular weight is 364 g/mol. The number of ether oxygens (including phenoxy) is 2. The van der Waals surface area contributed by atoms with Crippen molar-refractivity contribution in [2.45, 2.75) is 6.61 Å². The Labute approximate surface area is 136 Å². The summed E-state index contributed by atoms with van der Waals surface area (Å²) in [6.45, 7) is -0.000595. The standard InChI is InChI=1S/C16H14BrNO4/c17-13-5-1-11(2-6-13)9-22-16(20)12-3-7-14(8-4-12)21-10-15(18)19/h1-8H,9-10H2,(H2,18,19). The van der Waals surface area contributed by atoms with Crippen molar-refractivity contribution < 1.29 is 19.1 Å². The van der Waals surface area contributed by atoms with Gasteiger partial charge in [0.1, 0.15) is 12.4 Å². The van der Waals surface area contributed by atoms with Crippen molar-refractivity contribution in [2.75, 3.05) is 6.61 Å². The first-order valence-corrected chi connectivity index (χ1v) is 7.26. The molecule has 0 radical (unpaired) electrons. The zero-order valence-corrected chi connectivity index (χ0v) is 13.2. The number of rotatable bonds is 6. The number of halogens is 1. The average Bonchev–Trinajstić information content (AvgIpc) is 2.52. The van der Waals surface area contributed by atoms with Crippen LogP contribution in [0.25, 0.3) is 0 Å². The summed E-state index contributed by atoms with van der Waals surface area (Å²) in [6.07, 6.45) is 0. The number of primary amides is 1. The largest absolute Gasteiger partial charge is 0.484 e. The highest BCUT2D eigenvalue weighted by Crippen LogP contribution is 2.15. The van der Waals surface area contributed by atoms with Gasteiger partial charge < -0.3 is 15.2 Å². The second-order valence-corrected chi connectivity index (χ2v) is 5.40. The van der Waals surface area contributed by atoms with Crippen LogP contribution in [0.5, 0.6) is 5.75 Å². The molecule has 0 aliphatic carbocycles. The van der Waals surface area contributed by atoms with Gasteiger partial charge in [-0.25, -0.2) is 4.79 Å². The molecular formula is C16H14BrNO4. The second kappa shape index (κ2) is 7.61. The molecule has 2 aromatic rings. The molecule has 2 aromatic carbocycles. The van der Waals surface area contributed by atoms with Gasteiger partial charge in [0, 0.05) is 4.47 Å². The van der Waals surface area contributed by atoms with Crippen LogP contribution in [0, 0.1) is 0 Å². The summed E-state index contributed by atoms with van der Waals surface area (Å²) in [6, 6.07) is 13.8. The number of amides is 1. The van der Waals surface area contributed by atoms with E-state index < -0.39 is 11.9 Å². The van der Waals surface area contributed by atoms with E-state index in [9.17, 15) is 9.59 Å². The lowest BCUT2D eigenvalue weighted by atomic mass is 10.2. The quantitative estimate of drug-likeness (QED) is 0.800. The van der Waals surface area contributed by atoms with Crippen molar-refractivity contribution >= 4 is 27.8 Å². The van der Waals surface area contributed by atoms with Gasteiger partial charge >= 0.3 is 5.97 Å². The van der Waals surface area contributed by atoms with E-state index in [0.717, 1.165) is 10.0 Å². The first-order valence-electron chi connectivity index (χ1n) is 6.47. The maximum atomic E-state index is 11.9. The highest BCUT2D eigenvalue weighted by molar-refractivity contribution is 9.10. The second-order valence-electron chi connectivity index (χ2n) is 4.48. The minimum Gasteiger partial charge on any atom is -0.484 e. The maximum Gasteiger partial charge on any atom is 0.338 e. The third kappa shape index (κ3) is 4.89. The van der Waals surface area contributed by atoms with E-state index in [1.54, 1.807) is 24.3 Å². The van der Waals surface area contributed by atoms with Crippen LogP contribution in [-0.4, -0.2) is 18.5 Å². The Morgan fingerprint density at radius 1 is 1.00 bits per heavy atom. The lowest BCUT2D eigenvalue weighted by Crippen LogP contribution is -2.20. The molecule has 0 atom stereocenters. The molecule has 2 N–H and O–H groups in total. The van der Waals surface area contributed by atoms with Gasteiger partial charge in [0.25, 0.3) is 5.91 Å². The SMILES string of the molecule is NC(=O)COc1ccc(C(=O)OCc2ccc(Br)cc2)cc1. The summed E-state index contributed by atoms with van der Waals surface area (Å²) < 4.78 is 11.3. The molecule has 1 amide bonds. The van der Waals surface area contributed by atoms with Crippen molar-refractivity contribution in [1.29, 1.82) is 0 Å². The van der Waals surface area contributed by atoms with Crippen LogP contribution in [-0.2, 0) is 16.1 Å². The van der Waals surface area contributed by atoms with E-state index in [0.29, 0.717) is 11.3 Å². The zero-order chi connectivity index (χ0) is 15.9. The Kier molecular flexibility index (Phi) is 5.55. The van der Waals surface area contributed by atoms with Crippen LogP contribution in [0.15, 0.2) is 53.0 Å². The van der Waals surface area contributed by atoms with Gasteiger partial charge in [0.05, 0.1) is 5.56 Å². The van der Waals surface area contributed by atoms with Crippen LogP contribution < -0.4 is 10.5 Å². The van der Waals surface area contributed by atoms with Gasteiger partial charge in [-0.2, -0.15) is 0 Å². The molecule has 0 aliphatic rings. The minimum absolute atomic E-state index is 0.200. The molecule has 2 rings (SSSR count). The van der Waals surface area contributed by atoms with Gasteiger partial charge in [-0.3, -0.25) is 4.79 Å². The fraction of sp³-hybridized carbons (Fsp3) is 0.125. The Morgan fingerprint density at radius 3 is 2.23 bits per heavy atom. The first-order chi connectivity index (χ1) is 10.5. The number of nitrogens with two attached hydrogens (primary N) is 1. The Bertz CT molecular complexity index is 653.